The van der Waals surface area contributed by atoms with Gasteiger partial charge in [0.25, 0.3) is 0 Å². The molecule has 0 radical (unpaired) electrons. The molecule has 1 aliphatic heterocycles. The third-order valence-electron chi connectivity index (χ3n) is 3.55. The topological polar surface area (TPSA) is 44.4 Å². The Hall–Kier alpha value is -1.62. The summed E-state index contributed by atoms with van der Waals surface area (Å²) in [7, 11) is 0. The van der Waals surface area contributed by atoms with Gasteiger partial charge in [-0.2, -0.15) is 0 Å². The van der Waals surface area contributed by atoms with Crippen LogP contribution in [0.15, 0.2) is 24.3 Å². The maximum atomic E-state index is 10.9. The molecule has 0 spiro atoms. The van der Waals surface area contributed by atoms with Crippen molar-refractivity contribution in [2.75, 3.05) is 16.8 Å². The summed E-state index contributed by atoms with van der Waals surface area (Å²) in [5, 5.41) is 5.87. The van der Waals surface area contributed by atoms with Gasteiger partial charge in [0.05, 0.1) is 0 Å². The molecule has 1 atom stereocenters. The Morgan fingerprint density at radius 1 is 1.30 bits per heavy atom. The first-order chi connectivity index (χ1) is 9.56. The van der Waals surface area contributed by atoms with Gasteiger partial charge < -0.3 is 15.5 Å². The molecule has 0 unspecified atom stereocenters. The summed E-state index contributed by atoms with van der Waals surface area (Å²) >= 11 is 5.04. The number of hydrogen-bond donors (Lipinski definition) is 2. The number of nitrogens with one attached hydrogen (secondary N) is 2. The van der Waals surface area contributed by atoms with E-state index < -0.39 is 0 Å². The van der Waals surface area contributed by atoms with E-state index in [-0.39, 0.29) is 5.91 Å². The van der Waals surface area contributed by atoms with Gasteiger partial charge in [-0.25, -0.2) is 0 Å². The zero-order chi connectivity index (χ0) is 14.5. The van der Waals surface area contributed by atoms with Gasteiger partial charge in [0.1, 0.15) is 0 Å². The summed E-state index contributed by atoms with van der Waals surface area (Å²) in [6.45, 7) is 4.84. The first kappa shape index (κ1) is 14.8. The molecule has 20 heavy (non-hydrogen) atoms. The summed E-state index contributed by atoms with van der Waals surface area (Å²) in [6, 6.07) is 8.78. The van der Waals surface area contributed by atoms with Crippen molar-refractivity contribution in [1.82, 2.24) is 5.32 Å². The van der Waals surface area contributed by atoms with Crippen molar-refractivity contribution in [2.24, 2.45) is 0 Å². The van der Waals surface area contributed by atoms with Crippen molar-refractivity contribution in [3.8, 4) is 0 Å². The number of piperidine rings is 1. The van der Waals surface area contributed by atoms with Crippen molar-refractivity contribution in [2.45, 2.75) is 39.2 Å². The second-order valence-corrected chi connectivity index (χ2v) is 5.63. The van der Waals surface area contributed by atoms with Crippen LogP contribution in [0.5, 0.6) is 0 Å². The lowest BCUT2D eigenvalue weighted by Gasteiger charge is -2.35. The molecule has 2 N–H and O–H groups in total. The van der Waals surface area contributed by atoms with Crippen LogP contribution in [0.1, 0.15) is 33.1 Å². The SMILES string of the molecule is CC(=O)NC(=S)Nc1ccc(N2CCCC[C@H]2C)cc1. The highest BCUT2D eigenvalue weighted by Crippen LogP contribution is 2.25. The monoisotopic (exact) mass is 291 g/mol. The van der Waals surface area contributed by atoms with Crippen LogP contribution >= 0.6 is 12.2 Å². The Balaban J connectivity index is 1.99. The number of hydrogen-bond acceptors (Lipinski definition) is 3. The number of benzene rings is 1. The van der Waals surface area contributed by atoms with Crippen LogP contribution in [0.4, 0.5) is 11.4 Å². The molecule has 1 amide bonds. The molecule has 108 valence electrons. The summed E-state index contributed by atoms with van der Waals surface area (Å²) in [4.78, 5) is 13.3. The summed E-state index contributed by atoms with van der Waals surface area (Å²) in [5.41, 5.74) is 2.13. The average molecular weight is 291 g/mol. The van der Waals surface area contributed by atoms with Crippen molar-refractivity contribution in [3.05, 3.63) is 24.3 Å². The maximum absolute atomic E-state index is 10.9. The summed E-state index contributed by atoms with van der Waals surface area (Å²) in [5.74, 6) is -0.165. The van der Waals surface area contributed by atoms with Crippen LogP contribution in [0.3, 0.4) is 0 Å². The Kier molecular flexibility index (Phi) is 4.95. The largest absolute Gasteiger partial charge is 0.369 e. The zero-order valence-corrected chi connectivity index (χ0v) is 12.8. The third-order valence-corrected chi connectivity index (χ3v) is 3.75. The maximum Gasteiger partial charge on any atom is 0.222 e. The third kappa shape index (κ3) is 3.93. The van der Waals surface area contributed by atoms with Crippen LogP contribution in [-0.2, 0) is 4.79 Å². The van der Waals surface area contributed by atoms with E-state index in [4.69, 9.17) is 12.2 Å². The molecule has 0 aromatic heterocycles. The van der Waals surface area contributed by atoms with E-state index >= 15 is 0 Å². The molecule has 1 aromatic rings. The molecule has 1 saturated heterocycles. The fourth-order valence-corrected chi connectivity index (χ4v) is 2.80. The van der Waals surface area contributed by atoms with Crippen LogP contribution in [0.25, 0.3) is 0 Å². The van der Waals surface area contributed by atoms with Gasteiger partial charge in [-0.1, -0.05) is 0 Å². The Morgan fingerprint density at radius 2 is 2.00 bits per heavy atom. The summed E-state index contributed by atoms with van der Waals surface area (Å²) in [6.07, 6.45) is 3.84. The molecule has 0 aliphatic carbocycles. The number of amides is 1. The lowest BCUT2D eigenvalue weighted by Crippen LogP contribution is -2.37. The standard InChI is InChI=1S/C15H21N3OS/c1-11-5-3-4-10-18(11)14-8-6-13(7-9-14)17-15(20)16-12(2)19/h6-9,11H,3-5,10H2,1-2H3,(H2,16,17,19,20)/t11-/m1/s1. The Morgan fingerprint density at radius 3 is 2.60 bits per heavy atom. The van der Waals surface area contributed by atoms with Crippen molar-refractivity contribution in [3.63, 3.8) is 0 Å². The van der Waals surface area contributed by atoms with E-state index in [0.29, 0.717) is 11.2 Å². The van der Waals surface area contributed by atoms with Gasteiger partial charge in [-0.3, -0.25) is 4.79 Å². The number of rotatable bonds is 2. The van der Waals surface area contributed by atoms with E-state index in [1.54, 1.807) is 0 Å². The molecule has 1 heterocycles. The lowest BCUT2D eigenvalue weighted by molar-refractivity contribution is -0.117. The molecular formula is C15H21N3OS. The molecule has 4 nitrogen and oxygen atoms in total. The van der Waals surface area contributed by atoms with Gasteiger partial charge in [-0.15, -0.1) is 0 Å². The predicted molar refractivity (Wildman–Crippen MR) is 87.1 cm³/mol. The first-order valence-corrected chi connectivity index (χ1v) is 7.42. The molecule has 0 bridgehead atoms. The van der Waals surface area contributed by atoms with Gasteiger partial charge in [-0.05, 0) is 62.7 Å². The van der Waals surface area contributed by atoms with Gasteiger partial charge in [0.15, 0.2) is 5.11 Å². The average Bonchev–Trinajstić information content (AvgIpc) is 2.39. The Labute approximate surface area is 125 Å². The van der Waals surface area contributed by atoms with Crippen LogP contribution in [0.2, 0.25) is 0 Å². The fourth-order valence-electron chi connectivity index (χ4n) is 2.54. The lowest BCUT2D eigenvalue weighted by atomic mass is 10.0. The highest BCUT2D eigenvalue weighted by atomic mass is 32.1. The number of carbonyl (C=O) groups excluding carboxylic acids is 1. The molecule has 1 aliphatic rings. The highest BCUT2D eigenvalue weighted by Gasteiger charge is 2.18. The second kappa shape index (κ2) is 6.70. The first-order valence-electron chi connectivity index (χ1n) is 7.01. The highest BCUT2D eigenvalue weighted by molar-refractivity contribution is 7.80. The van der Waals surface area contributed by atoms with E-state index in [1.165, 1.54) is 31.9 Å². The van der Waals surface area contributed by atoms with Crippen LogP contribution < -0.4 is 15.5 Å². The minimum absolute atomic E-state index is 0.165. The minimum Gasteiger partial charge on any atom is -0.369 e. The van der Waals surface area contributed by atoms with Gasteiger partial charge in [0.2, 0.25) is 5.91 Å². The normalized spacial score (nSPS) is 18.5. The van der Waals surface area contributed by atoms with Crippen LogP contribution in [0, 0.1) is 0 Å². The molecule has 1 fully saturated rings. The Bertz CT molecular complexity index is 486. The molecule has 2 rings (SSSR count). The zero-order valence-electron chi connectivity index (χ0n) is 12.0. The van der Waals surface area contributed by atoms with Crippen LogP contribution in [-0.4, -0.2) is 23.6 Å². The smallest absolute Gasteiger partial charge is 0.222 e. The predicted octanol–water partition coefficient (Wildman–Crippen LogP) is 2.90. The minimum atomic E-state index is -0.165. The van der Waals surface area contributed by atoms with E-state index in [1.807, 2.05) is 12.1 Å². The van der Waals surface area contributed by atoms with Crippen molar-refractivity contribution < 1.29 is 4.79 Å². The molecule has 5 heteroatoms. The fraction of sp³-hybridized carbons (Fsp3) is 0.467. The number of thiocarbonyl (C=S) groups is 1. The molecular weight excluding hydrogens is 270 g/mol. The van der Waals surface area contributed by atoms with E-state index in [0.717, 1.165) is 12.2 Å². The van der Waals surface area contributed by atoms with Gasteiger partial charge in [0, 0.05) is 30.9 Å². The second-order valence-electron chi connectivity index (χ2n) is 5.22. The number of anilines is 2. The number of carbonyl (C=O) groups is 1. The number of nitrogens with zero attached hydrogens (tertiary/aromatic N) is 1. The quantitative estimate of drug-likeness (QED) is 0.822. The molecule has 0 saturated carbocycles. The van der Waals surface area contributed by atoms with E-state index in [9.17, 15) is 4.79 Å². The van der Waals surface area contributed by atoms with Crippen molar-refractivity contribution in [1.29, 1.82) is 0 Å². The van der Waals surface area contributed by atoms with Gasteiger partial charge >= 0.3 is 0 Å². The summed E-state index contributed by atoms with van der Waals surface area (Å²) < 4.78 is 0. The van der Waals surface area contributed by atoms with Crippen molar-refractivity contribution >= 4 is 34.6 Å². The molecule has 1 aromatic carbocycles. The van der Waals surface area contributed by atoms with E-state index in [2.05, 4.69) is 34.6 Å².